The molecular formula is C21H31ClN2O3S. The number of benzene rings is 1. The van der Waals surface area contributed by atoms with Crippen molar-refractivity contribution in [2.24, 2.45) is 5.92 Å². The van der Waals surface area contributed by atoms with Gasteiger partial charge in [0.05, 0.1) is 5.75 Å². The van der Waals surface area contributed by atoms with Crippen LogP contribution in [0.25, 0.3) is 0 Å². The average Bonchev–Trinajstić information content (AvgIpc) is 2.65. The van der Waals surface area contributed by atoms with Crippen LogP contribution in [-0.4, -0.2) is 37.8 Å². The van der Waals surface area contributed by atoms with Crippen LogP contribution in [-0.2, 0) is 20.6 Å². The second kappa shape index (κ2) is 10.1. The minimum absolute atomic E-state index is 0.0859. The Morgan fingerprint density at radius 2 is 1.61 bits per heavy atom. The summed E-state index contributed by atoms with van der Waals surface area (Å²) in [6.45, 7) is 0.797. The van der Waals surface area contributed by atoms with Crippen molar-refractivity contribution in [3.63, 3.8) is 0 Å². The van der Waals surface area contributed by atoms with E-state index in [0.717, 1.165) is 12.8 Å². The third kappa shape index (κ3) is 5.94. The summed E-state index contributed by atoms with van der Waals surface area (Å²) in [5.74, 6) is -0.0723. The highest BCUT2D eigenvalue weighted by molar-refractivity contribution is 7.88. The fourth-order valence-corrected chi connectivity index (χ4v) is 6.10. The number of carbonyl (C=O) groups is 1. The highest BCUT2D eigenvalue weighted by atomic mass is 35.5. The molecule has 0 bridgehead atoms. The zero-order valence-electron chi connectivity index (χ0n) is 16.4. The Bertz CT molecular complexity index is 753. The van der Waals surface area contributed by atoms with Crippen molar-refractivity contribution in [3.05, 3.63) is 34.9 Å². The molecule has 7 heteroatoms. The molecule has 0 radical (unpaired) electrons. The van der Waals surface area contributed by atoms with E-state index in [1.165, 1.54) is 36.4 Å². The van der Waals surface area contributed by atoms with Gasteiger partial charge < -0.3 is 5.32 Å². The van der Waals surface area contributed by atoms with Gasteiger partial charge in [-0.25, -0.2) is 12.7 Å². The molecule has 5 nitrogen and oxygen atoms in total. The van der Waals surface area contributed by atoms with Gasteiger partial charge in [-0.05, 0) is 37.3 Å². The van der Waals surface area contributed by atoms with Crippen LogP contribution in [0.1, 0.15) is 63.4 Å². The number of hydrogen-bond donors (Lipinski definition) is 1. The van der Waals surface area contributed by atoms with E-state index < -0.39 is 10.0 Å². The Morgan fingerprint density at radius 1 is 1.00 bits per heavy atom. The minimum atomic E-state index is -3.43. The molecule has 3 rings (SSSR count). The maximum Gasteiger partial charge on any atom is 0.223 e. The van der Waals surface area contributed by atoms with E-state index in [9.17, 15) is 13.2 Å². The number of amides is 1. The van der Waals surface area contributed by atoms with E-state index in [2.05, 4.69) is 5.32 Å². The van der Waals surface area contributed by atoms with Crippen LogP contribution in [0.3, 0.4) is 0 Å². The number of nitrogens with one attached hydrogen (secondary N) is 1. The van der Waals surface area contributed by atoms with E-state index in [0.29, 0.717) is 36.5 Å². The topological polar surface area (TPSA) is 66.5 Å². The Kier molecular flexibility index (Phi) is 7.77. The predicted molar refractivity (Wildman–Crippen MR) is 113 cm³/mol. The SMILES string of the molecule is O=C(NC1CCCCCCC1)C1CCN(S(=O)(=O)Cc2ccccc2Cl)CC1. The van der Waals surface area contributed by atoms with Crippen LogP contribution < -0.4 is 5.32 Å². The molecule has 1 N–H and O–H groups in total. The van der Waals surface area contributed by atoms with Crippen LogP contribution >= 0.6 is 11.6 Å². The van der Waals surface area contributed by atoms with Crippen molar-refractivity contribution in [1.29, 1.82) is 0 Å². The van der Waals surface area contributed by atoms with Gasteiger partial charge in [0.2, 0.25) is 15.9 Å². The van der Waals surface area contributed by atoms with Crippen LogP contribution in [0.4, 0.5) is 0 Å². The summed E-state index contributed by atoms with van der Waals surface area (Å²) in [5, 5.41) is 3.70. The van der Waals surface area contributed by atoms with Gasteiger partial charge in [-0.15, -0.1) is 0 Å². The zero-order valence-corrected chi connectivity index (χ0v) is 18.0. The van der Waals surface area contributed by atoms with Crippen molar-refractivity contribution in [3.8, 4) is 0 Å². The second-order valence-corrected chi connectivity index (χ2v) is 10.4. The molecule has 0 atom stereocenters. The molecule has 1 amide bonds. The lowest BCUT2D eigenvalue weighted by Gasteiger charge is -2.32. The summed E-state index contributed by atoms with van der Waals surface area (Å²) in [6.07, 6.45) is 9.49. The van der Waals surface area contributed by atoms with Gasteiger partial charge in [0, 0.05) is 30.1 Å². The van der Waals surface area contributed by atoms with Gasteiger partial charge in [0.1, 0.15) is 0 Å². The lowest BCUT2D eigenvalue weighted by molar-refractivity contribution is -0.127. The van der Waals surface area contributed by atoms with Crippen LogP contribution in [0.2, 0.25) is 5.02 Å². The molecule has 1 aliphatic heterocycles. The number of halogens is 1. The van der Waals surface area contributed by atoms with Gasteiger partial charge >= 0.3 is 0 Å². The van der Waals surface area contributed by atoms with Crippen molar-refractivity contribution < 1.29 is 13.2 Å². The van der Waals surface area contributed by atoms with Gasteiger partial charge in [0.15, 0.2) is 0 Å². The number of carbonyl (C=O) groups excluding carboxylic acids is 1. The molecule has 1 aromatic carbocycles. The number of hydrogen-bond acceptors (Lipinski definition) is 3. The normalized spacial score (nSPS) is 21.0. The Labute approximate surface area is 173 Å². The van der Waals surface area contributed by atoms with Crippen LogP contribution in [0.5, 0.6) is 0 Å². The highest BCUT2D eigenvalue weighted by Crippen LogP contribution is 2.25. The molecule has 2 aliphatic rings. The molecule has 0 spiro atoms. The van der Waals surface area contributed by atoms with Crippen LogP contribution in [0.15, 0.2) is 24.3 Å². The summed E-state index contributed by atoms with van der Waals surface area (Å²) < 4.78 is 27.0. The predicted octanol–water partition coefficient (Wildman–Crippen LogP) is 4.11. The Morgan fingerprint density at radius 3 is 2.25 bits per heavy atom. The first-order valence-corrected chi connectivity index (χ1v) is 12.5. The summed E-state index contributed by atoms with van der Waals surface area (Å²) in [4.78, 5) is 12.7. The lowest BCUT2D eigenvalue weighted by atomic mass is 9.94. The number of rotatable bonds is 5. The highest BCUT2D eigenvalue weighted by Gasteiger charge is 2.32. The monoisotopic (exact) mass is 426 g/mol. The Hall–Kier alpha value is -1.11. The maximum absolute atomic E-state index is 12.7. The lowest BCUT2D eigenvalue weighted by Crippen LogP contribution is -2.45. The molecule has 2 fully saturated rings. The molecule has 156 valence electrons. The van der Waals surface area contributed by atoms with Gasteiger partial charge in [-0.1, -0.05) is 61.9 Å². The summed E-state index contributed by atoms with van der Waals surface area (Å²) in [6, 6.07) is 7.32. The third-order valence-electron chi connectivity index (χ3n) is 5.97. The second-order valence-electron chi connectivity index (χ2n) is 8.07. The van der Waals surface area contributed by atoms with E-state index in [1.54, 1.807) is 24.3 Å². The van der Waals surface area contributed by atoms with E-state index in [-0.39, 0.29) is 23.6 Å². The summed E-state index contributed by atoms with van der Waals surface area (Å²) in [5.41, 5.74) is 0.619. The molecule has 1 saturated heterocycles. The fraction of sp³-hybridized carbons (Fsp3) is 0.667. The number of piperidine rings is 1. The smallest absolute Gasteiger partial charge is 0.223 e. The van der Waals surface area contributed by atoms with Crippen molar-refractivity contribution in [2.45, 2.75) is 69.6 Å². The van der Waals surface area contributed by atoms with Gasteiger partial charge in [-0.2, -0.15) is 0 Å². The molecule has 1 heterocycles. The first-order valence-electron chi connectivity index (χ1n) is 10.5. The third-order valence-corrected chi connectivity index (χ3v) is 8.16. The zero-order chi connectivity index (χ0) is 20.0. The molecule has 1 aromatic rings. The first-order chi connectivity index (χ1) is 13.5. The molecule has 1 aliphatic carbocycles. The molecule has 1 saturated carbocycles. The summed E-state index contributed by atoms with van der Waals surface area (Å²) >= 11 is 6.11. The molecule has 0 unspecified atom stereocenters. The fourth-order valence-electron chi connectivity index (χ4n) is 4.22. The van der Waals surface area contributed by atoms with Crippen molar-refractivity contribution >= 4 is 27.5 Å². The van der Waals surface area contributed by atoms with E-state index >= 15 is 0 Å². The minimum Gasteiger partial charge on any atom is -0.353 e. The average molecular weight is 427 g/mol. The van der Waals surface area contributed by atoms with E-state index in [1.807, 2.05) is 0 Å². The van der Waals surface area contributed by atoms with Crippen molar-refractivity contribution in [2.75, 3.05) is 13.1 Å². The van der Waals surface area contributed by atoms with Gasteiger partial charge in [0.25, 0.3) is 0 Å². The molecule has 0 aromatic heterocycles. The maximum atomic E-state index is 12.7. The van der Waals surface area contributed by atoms with Crippen molar-refractivity contribution in [1.82, 2.24) is 9.62 Å². The standard InChI is InChI=1S/C21H31ClN2O3S/c22-20-11-7-6-8-18(20)16-28(26,27)24-14-12-17(13-15-24)21(25)23-19-9-4-2-1-3-5-10-19/h6-8,11,17,19H,1-5,9-10,12-16H2,(H,23,25). The summed E-state index contributed by atoms with van der Waals surface area (Å²) in [7, 11) is -3.43. The largest absolute Gasteiger partial charge is 0.353 e. The number of nitrogens with zero attached hydrogens (tertiary/aromatic N) is 1. The number of sulfonamides is 1. The first kappa shape index (κ1) is 21.6. The van der Waals surface area contributed by atoms with E-state index in [4.69, 9.17) is 11.6 Å². The molecule has 28 heavy (non-hydrogen) atoms. The van der Waals surface area contributed by atoms with Gasteiger partial charge in [-0.3, -0.25) is 4.79 Å². The van der Waals surface area contributed by atoms with Crippen LogP contribution in [0, 0.1) is 5.92 Å². The quantitative estimate of drug-likeness (QED) is 0.770. The Balaban J connectivity index is 1.50. The molecular weight excluding hydrogens is 396 g/mol.